The number of carbonyl (C=O) groups excluding carboxylic acids is 2. The van der Waals surface area contributed by atoms with Gasteiger partial charge in [0.15, 0.2) is 6.61 Å². The summed E-state index contributed by atoms with van der Waals surface area (Å²) in [6.07, 6.45) is 9.27. The van der Waals surface area contributed by atoms with Crippen LogP contribution in [0.5, 0.6) is 0 Å². The third-order valence-corrected chi connectivity index (χ3v) is 5.95. The number of esters is 1. The average molecular weight is 358 g/mol. The van der Waals surface area contributed by atoms with Crippen molar-refractivity contribution in [2.24, 2.45) is 11.8 Å². The zero-order chi connectivity index (χ0) is 17.8. The predicted molar refractivity (Wildman–Crippen MR) is 96.3 cm³/mol. The highest BCUT2D eigenvalue weighted by atomic mass is 32.1. The van der Waals surface area contributed by atoms with Gasteiger partial charge in [-0.1, -0.05) is 19.1 Å². The molecule has 6 heteroatoms. The lowest BCUT2D eigenvalue weighted by atomic mass is 9.89. The highest BCUT2D eigenvalue weighted by Crippen LogP contribution is 2.39. The van der Waals surface area contributed by atoms with Crippen LogP contribution in [-0.4, -0.2) is 18.5 Å². The number of hydrogen-bond donors (Lipinski definition) is 1. The topological polar surface area (TPSA) is 79.2 Å². The van der Waals surface area contributed by atoms with E-state index in [1.807, 2.05) is 6.08 Å². The molecule has 1 aromatic heterocycles. The Hall–Kier alpha value is -2.13. The van der Waals surface area contributed by atoms with Gasteiger partial charge in [-0.3, -0.25) is 9.59 Å². The Balaban J connectivity index is 1.55. The minimum absolute atomic E-state index is 0.228. The molecule has 2 aliphatic carbocycles. The van der Waals surface area contributed by atoms with E-state index >= 15 is 0 Å². The highest BCUT2D eigenvalue weighted by molar-refractivity contribution is 7.16. The van der Waals surface area contributed by atoms with Gasteiger partial charge in [-0.25, -0.2) is 0 Å². The number of nitrogens with one attached hydrogen (secondary N) is 1. The Morgan fingerprint density at radius 3 is 3.00 bits per heavy atom. The fourth-order valence-electron chi connectivity index (χ4n) is 3.40. The smallest absolute Gasteiger partial charge is 0.306 e. The molecule has 1 heterocycles. The lowest BCUT2D eigenvalue weighted by molar-refractivity contribution is -0.147. The third kappa shape index (κ3) is 4.29. The molecule has 1 amide bonds. The number of amides is 1. The Morgan fingerprint density at radius 2 is 2.28 bits per heavy atom. The number of ether oxygens (including phenoxy) is 1. The lowest BCUT2D eigenvalue weighted by Crippen LogP contribution is -2.21. The number of anilines is 1. The average Bonchev–Trinajstić information content (AvgIpc) is 3.19. The Labute approximate surface area is 151 Å². The normalized spacial score (nSPS) is 21.4. The zero-order valence-corrected chi connectivity index (χ0v) is 15.2. The molecule has 132 valence electrons. The first-order valence-corrected chi connectivity index (χ1v) is 9.55. The summed E-state index contributed by atoms with van der Waals surface area (Å²) in [6, 6.07) is 2.22. The maximum Gasteiger partial charge on any atom is 0.306 e. The summed E-state index contributed by atoms with van der Waals surface area (Å²) in [5, 5.41) is 12.8. The van der Waals surface area contributed by atoms with Gasteiger partial charge in [0.25, 0.3) is 5.91 Å². The molecule has 3 rings (SSSR count). The summed E-state index contributed by atoms with van der Waals surface area (Å²) >= 11 is 1.47. The molecule has 0 aromatic carbocycles. The van der Waals surface area contributed by atoms with Gasteiger partial charge in [0.1, 0.15) is 11.1 Å². The van der Waals surface area contributed by atoms with E-state index in [4.69, 9.17) is 4.74 Å². The number of rotatable bonds is 5. The second kappa shape index (κ2) is 7.83. The van der Waals surface area contributed by atoms with Crippen LogP contribution in [0.25, 0.3) is 0 Å². The molecule has 2 aliphatic rings. The van der Waals surface area contributed by atoms with Gasteiger partial charge < -0.3 is 10.1 Å². The molecule has 0 saturated carbocycles. The fraction of sp³-hybridized carbons (Fsp3) is 0.526. The largest absolute Gasteiger partial charge is 0.456 e. The zero-order valence-electron chi connectivity index (χ0n) is 14.3. The van der Waals surface area contributed by atoms with Crippen LogP contribution in [0.15, 0.2) is 12.2 Å². The fourth-order valence-corrected chi connectivity index (χ4v) is 4.78. The van der Waals surface area contributed by atoms with E-state index in [0.717, 1.165) is 37.7 Å². The van der Waals surface area contributed by atoms with Crippen molar-refractivity contribution in [3.8, 4) is 6.07 Å². The van der Waals surface area contributed by atoms with Gasteiger partial charge >= 0.3 is 5.97 Å². The number of carbonyl (C=O) groups is 2. The van der Waals surface area contributed by atoms with Gasteiger partial charge in [0, 0.05) is 4.88 Å². The summed E-state index contributed by atoms with van der Waals surface area (Å²) in [4.78, 5) is 25.1. The second-order valence-electron chi connectivity index (χ2n) is 6.85. The summed E-state index contributed by atoms with van der Waals surface area (Å²) in [5.41, 5.74) is 1.65. The molecule has 0 radical (unpaired) electrons. The first kappa shape index (κ1) is 17.7. The van der Waals surface area contributed by atoms with E-state index in [0.29, 0.717) is 22.9 Å². The van der Waals surface area contributed by atoms with Crippen molar-refractivity contribution in [2.45, 2.75) is 45.4 Å². The third-order valence-electron chi connectivity index (χ3n) is 4.78. The number of allylic oxidation sites excluding steroid dienone is 2. The molecule has 25 heavy (non-hydrogen) atoms. The van der Waals surface area contributed by atoms with Crippen molar-refractivity contribution in [1.29, 1.82) is 5.26 Å². The maximum atomic E-state index is 12.1. The van der Waals surface area contributed by atoms with Crippen LogP contribution in [0.3, 0.4) is 0 Å². The molecule has 5 nitrogen and oxygen atoms in total. The minimum atomic E-state index is -0.390. The Kier molecular flexibility index (Phi) is 5.54. The standard InChI is InChI=1S/C19H22N2O3S/c1-12-6-7-14-15(10-20)19(25-16(14)8-12)21-17(22)11-24-18(23)9-13-4-2-3-5-13/h2,4,12-13H,3,5-9,11H2,1H3,(H,21,22)/t12-,13+/m0/s1. The van der Waals surface area contributed by atoms with Gasteiger partial charge in [0.05, 0.1) is 12.0 Å². The van der Waals surface area contributed by atoms with Crippen LogP contribution in [-0.2, 0) is 27.2 Å². The molecular weight excluding hydrogens is 336 g/mol. The van der Waals surface area contributed by atoms with Crippen molar-refractivity contribution in [3.63, 3.8) is 0 Å². The van der Waals surface area contributed by atoms with Crippen LogP contribution in [0, 0.1) is 23.2 Å². The van der Waals surface area contributed by atoms with Crippen LogP contribution < -0.4 is 5.32 Å². The second-order valence-corrected chi connectivity index (χ2v) is 7.95. The molecule has 0 saturated heterocycles. The maximum absolute atomic E-state index is 12.1. The van der Waals surface area contributed by atoms with Crippen molar-refractivity contribution < 1.29 is 14.3 Å². The number of fused-ring (bicyclic) bond motifs is 1. The molecule has 0 unspecified atom stereocenters. The van der Waals surface area contributed by atoms with E-state index in [1.54, 1.807) is 0 Å². The Bertz CT molecular complexity index is 745. The minimum Gasteiger partial charge on any atom is -0.456 e. The van der Waals surface area contributed by atoms with E-state index in [9.17, 15) is 14.9 Å². The van der Waals surface area contributed by atoms with E-state index in [2.05, 4.69) is 24.4 Å². The monoisotopic (exact) mass is 358 g/mol. The molecular formula is C19H22N2O3S. The van der Waals surface area contributed by atoms with Crippen molar-refractivity contribution >= 4 is 28.2 Å². The molecule has 0 aliphatic heterocycles. The van der Waals surface area contributed by atoms with Crippen LogP contribution in [0.1, 0.15) is 48.6 Å². The van der Waals surface area contributed by atoms with E-state index in [-0.39, 0.29) is 18.5 Å². The van der Waals surface area contributed by atoms with Gasteiger partial charge in [-0.05, 0) is 49.5 Å². The summed E-state index contributed by atoms with van der Waals surface area (Å²) in [5.74, 6) is 0.0866. The first-order valence-electron chi connectivity index (χ1n) is 8.73. The highest BCUT2D eigenvalue weighted by Gasteiger charge is 2.25. The predicted octanol–water partition coefficient (Wildman–Crippen LogP) is 3.58. The van der Waals surface area contributed by atoms with Gasteiger partial charge in [-0.2, -0.15) is 5.26 Å². The first-order chi connectivity index (χ1) is 12.1. The molecule has 0 bridgehead atoms. The molecule has 2 atom stereocenters. The summed E-state index contributed by atoms with van der Waals surface area (Å²) in [6.45, 7) is 1.89. The van der Waals surface area contributed by atoms with Gasteiger partial charge in [0.2, 0.25) is 0 Å². The SMILES string of the molecule is C[C@H]1CCc2c(sc(NC(=O)COC(=O)C[C@@H]3C=CCC3)c2C#N)C1. The molecule has 0 spiro atoms. The number of nitriles is 1. The summed E-state index contributed by atoms with van der Waals surface area (Å²) in [7, 11) is 0. The van der Waals surface area contributed by atoms with Crippen molar-refractivity contribution in [3.05, 3.63) is 28.2 Å². The van der Waals surface area contributed by atoms with Crippen molar-refractivity contribution in [1.82, 2.24) is 0 Å². The molecule has 1 N–H and O–H groups in total. The van der Waals surface area contributed by atoms with E-state index < -0.39 is 5.91 Å². The van der Waals surface area contributed by atoms with Crippen LogP contribution >= 0.6 is 11.3 Å². The number of thiophene rings is 1. The number of nitrogens with zero attached hydrogens (tertiary/aromatic N) is 1. The summed E-state index contributed by atoms with van der Waals surface area (Å²) < 4.78 is 5.07. The number of hydrogen-bond acceptors (Lipinski definition) is 5. The lowest BCUT2D eigenvalue weighted by Gasteiger charge is -2.17. The Morgan fingerprint density at radius 1 is 1.44 bits per heavy atom. The molecule has 0 fully saturated rings. The quantitative estimate of drug-likeness (QED) is 0.644. The van der Waals surface area contributed by atoms with Crippen LogP contribution in [0.2, 0.25) is 0 Å². The molecule has 1 aromatic rings. The van der Waals surface area contributed by atoms with E-state index in [1.165, 1.54) is 16.2 Å². The van der Waals surface area contributed by atoms with Crippen LogP contribution in [0.4, 0.5) is 5.00 Å². The van der Waals surface area contributed by atoms with Gasteiger partial charge in [-0.15, -0.1) is 11.3 Å². The van der Waals surface area contributed by atoms with Crippen molar-refractivity contribution in [2.75, 3.05) is 11.9 Å².